The number of carbonyl (C=O) groups excluding carboxylic acids is 4. The number of aryl methyl sites for hydroxylation is 1. The van der Waals surface area contributed by atoms with Crippen LogP contribution in [0.3, 0.4) is 0 Å². The number of rotatable bonds is 7. The smallest absolute Gasteiger partial charge is 0.250 e. The molecule has 3 aliphatic heterocycles. The van der Waals surface area contributed by atoms with Gasteiger partial charge in [-0.2, -0.15) is 0 Å². The first kappa shape index (κ1) is 23.0. The number of hydrogen-bond donors (Lipinski definition) is 3. The fraction of sp³-hybridized carbons (Fsp3) is 0.385. The van der Waals surface area contributed by atoms with Crippen molar-refractivity contribution in [1.29, 1.82) is 0 Å². The minimum Gasteiger partial charge on any atom is -0.496 e. The quantitative estimate of drug-likeness (QED) is 0.519. The molecule has 0 saturated carbocycles. The van der Waals surface area contributed by atoms with Gasteiger partial charge in [-0.15, -0.1) is 0 Å². The molecule has 0 aliphatic carbocycles. The van der Waals surface area contributed by atoms with Crippen molar-refractivity contribution in [1.82, 2.24) is 10.2 Å². The van der Waals surface area contributed by atoms with Crippen LogP contribution < -0.4 is 21.1 Å². The summed E-state index contributed by atoms with van der Waals surface area (Å²) in [4.78, 5) is 54.0. The maximum atomic E-state index is 13.9. The molecule has 2 aromatic carbocycles. The first-order valence-electron chi connectivity index (χ1n) is 11.8. The normalized spacial score (nSPS) is 26.7. The van der Waals surface area contributed by atoms with Crippen LogP contribution in [-0.2, 0) is 37.7 Å². The molecule has 4 atom stereocenters. The van der Waals surface area contributed by atoms with E-state index in [9.17, 15) is 19.2 Å². The van der Waals surface area contributed by atoms with Crippen molar-refractivity contribution in [3.05, 3.63) is 59.2 Å². The SMILES string of the molecule is CCc1cccc2c1NC(=O)C21NC(CCC(N)=O)[C@H]2C(=O)N(Cc3ccccc3OC)C(=O)[C@H]21. The van der Waals surface area contributed by atoms with E-state index < -0.39 is 35.2 Å². The zero-order chi connectivity index (χ0) is 24.9. The molecule has 182 valence electrons. The van der Waals surface area contributed by atoms with Gasteiger partial charge in [-0.25, -0.2) is 0 Å². The molecular formula is C26H28N4O5. The molecule has 9 nitrogen and oxygen atoms in total. The Bertz CT molecular complexity index is 1240. The van der Waals surface area contributed by atoms with E-state index in [-0.39, 0.29) is 31.2 Å². The third kappa shape index (κ3) is 3.33. The van der Waals surface area contributed by atoms with Gasteiger partial charge in [0.15, 0.2) is 0 Å². The van der Waals surface area contributed by atoms with Gasteiger partial charge in [-0.05, 0) is 24.5 Å². The van der Waals surface area contributed by atoms with Crippen LogP contribution in [0.1, 0.15) is 36.5 Å². The summed E-state index contributed by atoms with van der Waals surface area (Å²) in [5.74, 6) is -2.79. The number of hydrogen-bond acceptors (Lipinski definition) is 6. The predicted molar refractivity (Wildman–Crippen MR) is 127 cm³/mol. The topological polar surface area (TPSA) is 131 Å². The van der Waals surface area contributed by atoms with Gasteiger partial charge in [0.05, 0.1) is 25.5 Å². The molecule has 2 aromatic rings. The van der Waals surface area contributed by atoms with E-state index in [1.54, 1.807) is 12.1 Å². The highest BCUT2D eigenvalue weighted by Gasteiger charge is 2.70. The molecular weight excluding hydrogens is 448 g/mol. The lowest BCUT2D eigenvalue weighted by atomic mass is 9.76. The van der Waals surface area contributed by atoms with Gasteiger partial charge in [-0.1, -0.05) is 43.3 Å². The lowest BCUT2D eigenvalue weighted by Gasteiger charge is -2.29. The van der Waals surface area contributed by atoms with Crippen molar-refractivity contribution in [2.45, 2.75) is 44.3 Å². The van der Waals surface area contributed by atoms with E-state index in [1.165, 1.54) is 12.0 Å². The van der Waals surface area contributed by atoms with E-state index >= 15 is 0 Å². The van der Waals surface area contributed by atoms with Gasteiger partial charge < -0.3 is 15.8 Å². The molecule has 2 unspecified atom stereocenters. The maximum absolute atomic E-state index is 13.9. The highest BCUT2D eigenvalue weighted by molar-refractivity contribution is 6.15. The van der Waals surface area contributed by atoms with Crippen molar-refractivity contribution in [2.75, 3.05) is 12.4 Å². The number of anilines is 1. The Labute approximate surface area is 203 Å². The van der Waals surface area contributed by atoms with E-state index in [0.29, 0.717) is 29.0 Å². The van der Waals surface area contributed by atoms with Crippen LogP contribution in [0.25, 0.3) is 0 Å². The Morgan fingerprint density at radius 2 is 1.83 bits per heavy atom. The summed E-state index contributed by atoms with van der Waals surface area (Å²) in [7, 11) is 1.53. The summed E-state index contributed by atoms with van der Waals surface area (Å²) >= 11 is 0. The highest BCUT2D eigenvalue weighted by atomic mass is 16.5. The summed E-state index contributed by atoms with van der Waals surface area (Å²) in [6.45, 7) is 2.03. The van der Waals surface area contributed by atoms with E-state index in [2.05, 4.69) is 10.6 Å². The number of primary amides is 1. The Balaban J connectivity index is 1.60. The van der Waals surface area contributed by atoms with Crippen molar-refractivity contribution >= 4 is 29.3 Å². The van der Waals surface area contributed by atoms with Crippen LogP contribution in [0.15, 0.2) is 42.5 Å². The number of para-hydroxylation sites is 2. The van der Waals surface area contributed by atoms with Crippen LogP contribution in [0.2, 0.25) is 0 Å². The molecule has 9 heteroatoms. The first-order chi connectivity index (χ1) is 16.8. The number of ether oxygens (including phenoxy) is 1. The van der Waals surface area contributed by atoms with Crippen molar-refractivity contribution in [2.24, 2.45) is 17.6 Å². The number of likely N-dealkylation sites (tertiary alicyclic amines) is 1. The Morgan fingerprint density at radius 1 is 1.09 bits per heavy atom. The molecule has 3 aliphatic rings. The van der Waals surface area contributed by atoms with Crippen LogP contribution in [-0.4, -0.2) is 41.7 Å². The number of carbonyl (C=O) groups is 4. The fourth-order valence-electron chi connectivity index (χ4n) is 5.95. The van der Waals surface area contributed by atoms with Gasteiger partial charge in [0.2, 0.25) is 23.6 Å². The highest BCUT2D eigenvalue weighted by Crippen LogP contribution is 2.54. The molecule has 5 rings (SSSR count). The number of nitrogens with two attached hydrogens (primary N) is 1. The molecule has 0 radical (unpaired) electrons. The molecule has 35 heavy (non-hydrogen) atoms. The van der Waals surface area contributed by atoms with Crippen LogP contribution in [0.4, 0.5) is 5.69 Å². The predicted octanol–water partition coefficient (Wildman–Crippen LogP) is 1.44. The Hall–Kier alpha value is -3.72. The third-order valence-electron chi connectivity index (χ3n) is 7.53. The monoisotopic (exact) mass is 476 g/mol. The Kier molecular flexibility index (Phi) is 5.59. The molecule has 4 N–H and O–H groups in total. The number of methoxy groups -OCH3 is 1. The first-order valence-corrected chi connectivity index (χ1v) is 11.8. The van der Waals surface area contributed by atoms with Gasteiger partial charge in [-0.3, -0.25) is 29.4 Å². The fourth-order valence-corrected chi connectivity index (χ4v) is 5.95. The molecule has 0 bridgehead atoms. The number of nitrogens with zero attached hydrogens (tertiary/aromatic N) is 1. The zero-order valence-electron chi connectivity index (χ0n) is 19.7. The van der Waals surface area contributed by atoms with Gasteiger partial charge >= 0.3 is 0 Å². The molecule has 2 saturated heterocycles. The Morgan fingerprint density at radius 3 is 2.54 bits per heavy atom. The summed E-state index contributed by atoms with van der Waals surface area (Å²) in [6.07, 6.45) is 0.982. The standard InChI is InChI=1S/C26H28N4O5/c1-3-14-8-6-9-16-22(14)28-25(34)26(16)21-20(17(29-26)11-12-19(27)31)23(32)30(24(21)33)13-15-7-4-5-10-18(15)35-2/h4-10,17,20-21,29H,3,11-13H2,1-2H3,(H2,27,31)(H,28,34)/t17?,20-,21+,26?/m1/s1. The second kappa shape index (κ2) is 8.49. The minimum atomic E-state index is -1.39. The number of benzene rings is 2. The van der Waals surface area contributed by atoms with Gasteiger partial charge in [0.25, 0.3) is 0 Å². The summed E-state index contributed by atoms with van der Waals surface area (Å²) < 4.78 is 5.41. The van der Waals surface area contributed by atoms with E-state index in [1.807, 2.05) is 37.3 Å². The number of amides is 4. The minimum absolute atomic E-state index is 0.0361. The second-order valence-electron chi connectivity index (χ2n) is 9.29. The number of fused-ring (bicyclic) bond motifs is 4. The van der Waals surface area contributed by atoms with Gasteiger partial charge in [0.1, 0.15) is 11.3 Å². The summed E-state index contributed by atoms with van der Waals surface area (Å²) in [6, 6.07) is 12.3. The van der Waals surface area contributed by atoms with E-state index in [4.69, 9.17) is 10.5 Å². The third-order valence-corrected chi connectivity index (χ3v) is 7.53. The maximum Gasteiger partial charge on any atom is 0.250 e. The summed E-state index contributed by atoms with van der Waals surface area (Å²) in [5, 5.41) is 6.31. The lowest BCUT2D eigenvalue weighted by molar-refractivity contribution is -0.143. The molecule has 0 aromatic heterocycles. The lowest BCUT2D eigenvalue weighted by Crippen LogP contribution is -2.53. The van der Waals surface area contributed by atoms with Crippen LogP contribution in [0, 0.1) is 11.8 Å². The average molecular weight is 477 g/mol. The zero-order valence-corrected chi connectivity index (χ0v) is 19.7. The number of imide groups is 1. The van der Waals surface area contributed by atoms with Gasteiger partial charge in [0, 0.05) is 29.3 Å². The largest absolute Gasteiger partial charge is 0.496 e. The summed E-state index contributed by atoms with van der Waals surface area (Å²) in [5.41, 5.74) is 7.00. The molecule has 4 amide bonds. The van der Waals surface area contributed by atoms with E-state index in [0.717, 1.165) is 5.56 Å². The van der Waals surface area contributed by atoms with Crippen LogP contribution in [0.5, 0.6) is 5.75 Å². The van der Waals surface area contributed by atoms with Crippen LogP contribution >= 0.6 is 0 Å². The molecule has 2 fully saturated rings. The second-order valence-corrected chi connectivity index (χ2v) is 9.29. The van der Waals surface area contributed by atoms with Crippen molar-refractivity contribution in [3.8, 4) is 5.75 Å². The molecule has 1 spiro atoms. The molecule has 3 heterocycles. The average Bonchev–Trinajstić information content (AvgIpc) is 3.43. The number of nitrogens with one attached hydrogen (secondary N) is 2. The van der Waals surface area contributed by atoms with Crippen molar-refractivity contribution < 1.29 is 23.9 Å². The van der Waals surface area contributed by atoms with Crippen molar-refractivity contribution in [3.63, 3.8) is 0 Å².